The van der Waals surface area contributed by atoms with Gasteiger partial charge in [0.15, 0.2) is 5.78 Å². The molecule has 0 spiro atoms. The Kier molecular flexibility index (Phi) is 3.93. The molecule has 0 atom stereocenters. The summed E-state index contributed by atoms with van der Waals surface area (Å²) in [7, 11) is 0. The fourth-order valence-corrected chi connectivity index (χ4v) is 3.08. The van der Waals surface area contributed by atoms with Crippen LogP contribution in [0.5, 0.6) is 0 Å². The number of carbonyl (C=O) groups excluding carboxylic acids is 1. The number of benzene rings is 1. The number of nitrogens with zero attached hydrogens (tertiary/aromatic N) is 1. The fraction of sp³-hybridized carbons (Fsp3) is 0.111. The van der Waals surface area contributed by atoms with Crippen molar-refractivity contribution < 1.29 is 4.79 Å². The third-order valence-corrected chi connectivity index (χ3v) is 4.48. The predicted octanol–water partition coefficient (Wildman–Crippen LogP) is 4.54. The van der Waals surface area contributed by atoms with Crippen LogP contribution >= 0.6 is 11.3 Å². The summed E-state index contributed by atoms with van der Waals surface area (Å²) >= 11 is 1.55. The van der Waals surface area contributed by atoms with Crippen LogP contribution in [-0.2, 0) is 6.42 Å². The molecule has 3 heteroatoms. The fourth-order valence-electron chi connectivity index (χ4n) is 2.14. The molecule has 0 aliphatic heterocycles. The summed E-state index contributed by atoms with van der Waals surface area (Å²) in [5, 5.41) is 0. The topological polar surface area (TPSA) is 30.0 Å². The molecule has 0 saturated heterocycles. The lowest BCUT2D eigenvalue weighted by atomic mass is 10.1. The summed E-state index contributed by atoms with van der Waals surface area (Å²) in [6.07, 6.45) is 3.86. The number of carbonyl (C=O) groups is 1. The van der Waals surface area contributed by atoms with Crippen LogP contribution in [0.3, 0.4) is 0 Å². The zero-order valence-electron chi connectivity index (χ0n) is 11.7. The molecule has 0 aliphatic rings. The minimum absolute atomic E-state index is 0.145. The lowest BCUT2D eigenvalue weighted by molar-refractivity contribution is 0.0996. The van der Waals surface area contributed by atoms with Crippen LogP contribution in [-0.4, -0.2) is 10.8 Å². The zero-order valence-corrected chi connectivity index (χ0v) is 12.6. The van der Waals surface area contributed by atoms with E-state index in [1.807, 2.05) is 24.3 Å². The van der Waals surface area contributed by atoms with Crippen molar-refractivity contribution >= 4 is 17.1 Å². The zero-order chi connectivity index (χ0) is 14.7. The van der Waals surface area contributed by atoms with Gasteiger partial charge in [0, 0.05) is 23.7 Å². The molecule has 3 rings (SSSR count). The molecule has 0 bridgehead atoms. The predicted molar refractivity (Wildman–Crippen MR) is 86.8 cm³/mol. The second-order valence-corrected chi connectivity index (χ2v) is 6.07. The number of thiophene rings is 1. The highest BCUT2D eigenvalue weighted by molar-refractivity contribution is 7.17. The Bertz CT molecular complexity index is 744. The maximum absolute atomic E-state index is 12.3. The molecule has 21 heavy (non-hydrogen) atoms. The average molecular weight is 293 g/mol. The monoisotopic (exact) mass is 293 g/mol. The van der Waals surface area contributed by atoms with Gasteiger partial charge in [-0.15, -0.1) is 11.3 Å². The lowest BCUT2D eigenvalue weighted by Gasteiger charge is -1.99. The van der Waals surface area contributed by atoms with Crippen molar-refractivity contribution in [3.8, 4) is 10.4 Å². The number of rotatable bonds is 4. The van der Waals surface area contributed by atoms with Crippen LogP contribution in [0, 0.1) is 6.92 Å². The maximum Gasteiger partial charge on any atom is 0.177 e. The van der Waals surface area contributed by atoms with Gasteiger partial charge in [-0.1, -0.05) is 35.9 Å². The van der Waals surface area contributed by atoms with Gasteiger partial charge in [-0.2, -0.15) is 0 Å². The van der Waals surface area contributed by atoms with Crippen LogP contribution in [0.4, 0.5) is 0 Å². The Balaban J connectivity index is 1.78. The summed E-state index contributed by atoms with van der Waals surface area (Å²) in [5.41, 5.74) is 3.35. The number of aryl methyl sites for hydroxylation is 1. The van der Waals surface area contributed by atoms with Gasteiger partial charge in [-0.05, 0) is 36.2 Å². The van der Waals surface area contributed by atoms with Crippen LogP contribution in [0.1, 0.15) is 20.8 Å². The SMILES string of the molecule is Cc1ccc(-c2ccc(C(=O)Cc3cccnc3)s2)cc1. The Labute approximate surface area is 128 Å². The molecule has 1 aromatic carbocycles. The number of Topliss-reactive ketones (excluding diaryl/α,β-unsaturated/α-hetero) is 1. The van der Waals surface area contributed by atoms with Crippen molar-refractivity contribution in [3.63, 3.8) is 0 Å². The van der Waals surface area contributed by atoms with Crippen LogP contribution < -0.4 is 0 Å². The third-order valence-electron chi connectivity index (χ3n) is 3.30. The van der Waals surface area contributed by atoms with E-state index in [1.165, 1.54) is 5.56 Å². The van der Waals surface area contributed by atoms with Crippen LogP contribution in [0.2, 0.25) is 0 Å². The summed E-state index contributed by atoms with van der Waals surface area (Å²) < 4.78 is 0. The summed E-state index contributed by atoms with van der Waals surface area (Å²) in [6, 6.07) is 16.1. The highest BCUT2D eigenvalue weighted by atomic mass is 32.1. The summed E-state index contributed by atoms with van der Waals surface area (Å²) in [4.78, 5) is 18.3. The van der Waals surface area contributed by atoms with Crippen molar-refractivity contribution in [1.29, 1.82) is 0 Å². The van der Waals surface area contributed by atoms with Gasteiger partial charge in [0.05, 0.1) is 4.88 Å². The standard InChI is InChI=1S/C18H15NOS/c1-13-4-6-15(7-5-13)17-8-9-18(21-17)16(20)11-14-3-2-10-19-12-14/h2-10,12H,11H2,1H3. The normalized spacial score (nSPS) is 10.5. The smallest absolute Gasteiger partial charge is 0.177 e. The van der Waals surface area contributed by atoms with Crippen molar-refractivity contribution in [2.75, 3.05) is 0 Å². The van der Waals surface area contributed by atoms with Crippen molar-refractivity contribution in [2.24, 2.45) is 0 Å². The summed E-state index contributed by atoms with van der Waals surface area (Å²) in [6.45, 7) is 2.07. The van der Waals surface area contributed by atoms with Gasteiger partial charge in [0.2, 0.25) is 0 Å². The Morgan fingerprint density at radius 3 is 2.62 bits per heavy atom. The van der Waals surface area contributed by atoms with Gasteiger partial charge in [0.25, 0.3) is 0 Å². The molecule has 2 heterocycles. The minimum Gasteiger partial charge on any atom is -0.293 e. The van der Waals surface area contributed by atoms with E-state index >= 15 is 0 Å². The second kappa shape index (κ2) is 6.02. The van der Waals surface area contributed by atoms with Gasteiger partial charge in [-0.25, -0.2) is 0 Å². The van der Waals surface area contributed by atoms with Gasteiger partial charge in [0.1, 0.15) is 0 Å². The first-order valence-corrected chi connectivity index (χ1v) is 7.63. The molecule has 0 N–H and O–H groups in total. The molecular weight excluding hydrogens is 278 g/mol. The first kappa shape index (κ1) is 13.7. The number of pyridine rings is 1. The van der Waals surface area contributed by atoms with Crippen molar-refractivity contribution in [1.82, 2.24) is 4.98 Å². The number of hydrogen-bond acceptors (Lipinski definition) is 3. The molecule has 0 radical (unpaired) electrons. The highest BCUT2D eigenvalue weighted by Crippen LogP contribution is 2.29. The van der Waals surface area contributed by atoms with E-state index in [-0.39, 0.29) is 5.78 Å². The van der Waals surface area contributed by atoms with Gasteiger partial charge >= 0.3 is 0 Å². The first-order valence-electron chi connectivity index (χ1n) is 6.81. The van der Waals surface area contributed by atoms with Crippen molar-refractivity contribution in [3.05, 3.63) is 76.9 Å². The largest absolute Gasteiger partial charge is 0.293 e. The van der Waals surface area contributed by atoms with E-state index in [2.05, 4.69) is 36.2 Å². The Morgan fingerprint density at radius 2 is 1.90 bits per heavy atom. The lowest BCUT2D eigenvalue weighted by Crippen LogP contribution is -2.00. The van der Waals surface area contributed by atoms with E-state index in [9.17, 15) is 4.79 Å². The van der Waals surface area contributed by atoms with E-state index in [0.717, 1.165) is 20.9 Å². The molecule has 2 aromatic heterocycles. The van der Waals surface area contributed by atoms with E-state index in [1.54, 1.807) is 23.7 Å². The first-order chi connectivity index (χ1) is 10.2. The molecule has 2 nitrogen and oxygen atoms in total. The number of hydrogen-bond donors (Lipinski definition) is 0. The molecule has 0 fully saturated rings. The molecule has 0 saturated carbocycles. The summed E-state index contributed by atoms with van der Waals surface area (Å²) in [5.74, 6) is 0.145. The van der Waals surface area contributed by atoms with Crippen LogP contribution in [0.15, 0.2) is 60.9 Å². The molecule has 0 unspecified atom stereocenters. The molecule has 104 valence electrons. The van der Waals surface area contributed by atoms with Gasteiger partial charge < -0.3 is 0 Å². The average Bonchev–Trinajstić information content (AvgIpc) is 2.99. The Morgan fingerprint density at radius 1 is 1.10 bits per heavy atom. The maximum atomic E-state index is 12.3. The molecular formula is C18H15NOS. The molecule has 3 aromatic rings. The second-order valence-electron chi connectivity index (χ2n) is 4.99. The van der Waals surface area contributed by atoms with E-state index in [4.69, 9.17) is 0 Å². The molecule has 0 amide bonds. The van der Waals surface area contributed by atoms with E-state index < -0.39 is 0 Å². The minimum atomic E-state index is 0.145. The number of ketones is 1. The quantitative estimate of drug-likeness (QED) is 0.661. The Hall–Kier alpha value is -2.26. The molecule has 0 aliphatic carbocycles. The van der Waals surface area contributed by atoms with Crippen LogP contribution in [0.25, 0.3) is 10.4 Å². The highest BCUT2D eigenvalue weighted by Gasteiger charge is 2.11. The number of aromatic nitrogens is 1. The van der Waals surface area contributed by atoms with Crippen molar-refractivity contribution in [2.45, 2.75) is 13.3 Å². The van der Waals surface area contributed by atoms with Gasteiger partial charge in [-0.3, -0.25) is 9.78 Å². The van der Waals surface area contributed by atoms with E-state index in [0.29, 0.717) is 6.42 Å². The third kappa shape index (κ3) is 3.26.